The highest BCUT2D eigenvalue weighted by molar-refractivity contribution is 5.67. The van der Waals surface area contributed by atoms with Crippen molar-refractivity contribution in [2.45, 2.75) is 33.4 Å². The van der Waals surface area contributed by atoms with Crippen LogP contribution in [0.3, 0.4) is 0 Å². The van der Waals surface area contributed by atoms with Crippen LogP contribution in [0, 0.1) is 0 Å². The number of anilines is 1. The zero-order chi connectivity index (χ0) is 20.2. The van der Waals surface area contributed by atoms with E-state index >= 15 is 0 Å². The molecule has 2 aromatic carbocycles. The minimum atomic E-state index is 0.745. The van der Waals surface area contributed by atoms with Crippen LogP contribution in [0.15, 0.2) is 72.9 Å². The van der Waals surface area contributed by atoms with Gasteiger partial charge in [-0.15, -0.1) is 0 Å². The van der Waals surface area contributed by atoms with E-state index in [2.05, 4.69) is 77.7 Å². The average Bonchev–Trinajstić information content (AvgIpc) is 3.11. The molecule has 0 saturated heterocycles. The molecular formula is C25H28N4. The van der Waals surface area contributed by atoms with Gasteiger partial charge in [-0.1, -0.05) is 68.4 Å². The summed E-state index contributed by atoms with van der Waals surface area (Å²) in [5, 5.41) is 0. The molecule has 0 fully saturated rings. The van der Waals surface area contributed by atoms with Crippen molar-refractivity contribution in [2.24, 2.45) is 0 Å². The van der Waals surface area contributed by atoms with Gasteiger partial charge in [0, 0.05) is 30.5 Å². The number of nitrogens with zero attached hydrogens (tertiary/aromatic N) is 3. The van der Waals surface area contributed by atoms with Gasteiger partial charge in [-0.05, 0) is 36.2 Å². The summed E-state index contributed by atoms with van der Waals surface area (Å²) in [5.74, 6) is 0. The molecule has 2 aromatic heterocycles. The number of nitrogens with two attached hydrogens (primary N) is 1. The largest absolute Gasteiger partial charge is 0.398 e. The highest BCUT2D eigenvalue weighted by atomic mass is 15.1. The lowest BCUT2D eigenvalue weighted by atomic mass is 10.1. The van der Waals surface area contributed by atoms with Gasteiger partial charge in [0.15, 0.2) is 0 Å². The van der Waals surface area contributed by atoms with Crippen molar-refractivity contribution < 1.29 is 0 Å². The lowest BCUT2D eigenvalue weighted by Crippen LogP contribution is -2.23. The molecule has 148 valence electrons. The molecule has 0 bridgehead atoms. The number of fused-ring (bicyclic) bond motifs is 1. The van der Waals surface area contributed by atoms with Crippen LogP contribution in [-0.2, 0) is 19.5 Å². The fourth-order valence-electron chi connectivity index (χ4n) is 3.72. The first-order chi connectivity index (χ1) is 14.2. The molecule has 0 atom stereocenters. The van der Waals surface area contributed by atoms with Gasteiger partial charge in [0.25, 0.3) is 0 Å². The van der Waals surface area contributed by atoms with Crippen molar-refractivity contribution in [3.05, 3.63) is 89.7 Å². The molecule has 0 radical (unpaired) electrons. The first-order valence-electron chi connectivity index (χ1n) is 10.3. The van der Waals surface area contributed by atoms with Gasteiger partial charge < -0.3 is 10.1 Å². The van der Waals surface area contributed by atoms with Crippen LogP contribution in [0.25, 0.3) is 16.9 Å². The van der Waals surface area contributed by atoms with Crippen molar-refractivity contribution in [3.63, 3.8) is 0 Å². The molecule has 29 heavy (non-hydrogen) atoms. The lowest BCUT2D eigenvalue weighted by Gasteiger charge is -2.21. The van der Waals surface area contributed by atoms with Crippen molar-refractivity contribution in [1.82, 2.24) is 14.3 Å². The highest BCUT2D eigenvalue weighted by Gasteiger charge is 2.17. The summed E-state index contributed by atoms with van der Waals surface area (Å²) < 4.78 is 2.14. The molecule has 4 nitrogen and oxygen atoms in total. The molecule has 0 aliphatic rings. The van der Waals surface area contributed by atoms with E-state index in [9.17, 15) is 0 Å². The van der Waals surface area contributed by atoms with E-state index in [1.807, 2.05) is 18.3 Å². The van der Waals surface area contributed by atoms with Crippen LogP contribution >= 0.6 is 0 Å². The normalized spacial score (nSPS) is 11.4. The maximum Gasteiger partial charge on any atom is 0.137 e. The third-order valence-electron chi connectivity index (χ3n) is 5.45. The Kier molecular flexibility index (Phi) is 5.63. The Morgan fingerprint density at radius 3 is 2.31 bits per heavy atom. The number of hydrogen-bond donors (Lipinski definition) is 1. The Balaban J connectivity index is 1.74. The number of rotatable bonds is 7. The van der Waals surface area contributed by atoms with Gasteiger partial charge >= 0.3 is 0 Å². The number of aromatic nitrogens is 2. The Labute approximate surface area is 172 Å². The molecule has 4 rings (SSSR count). The van der Waals surface area contributed by atoms with Gasteiger partial charge in [-0.2, -0.15) is 0 Å². The fraction of sp³-hybridized carbons (Fsp3) is 0.240. The second-order valence-electron chi connectivity index (χ2n) is 7.44. The second kappa shape index (κ2) is 8.50. The van der Waals surface area contributed by atoms with Crippen molar-refractivity contribution in [2.75, 3.05) is 12.3 Å². The van der Waals surface area contributed by atoms with Crippen LogP contribution in [0.2, 0.25) is 0 Å². The average molecular weight is 385 g/mol. The summed E-state index contributed by atoms with van der Waals surface area (Å²) >= 11 is 0. The zero-order valence-corrected chi connectivity index (χ0v) is 17.2. The summed E-state index contributed by atoms with van der Waals surface area (Å²) in [7, 11) is 0. The molecular weight excluding hydrogens is 356 g/mol. The monoisotopic (exact) mass is 384 g/mol. The number of imidazole rings is 1. The van der Waals surface area contributed by atoms with Crippen LogP contribution in [0.5, 0.6) is 0 Å². The summed E-state index contributed by atoms with van der Waals surface area (Å²) in [4.78, 5) is 7.39. The second-order valence-corrected chi connectivity index (χ2v) is 7.44. The molecule has 2 heterocycles. The minimum Gasteiger partial charge on any atom is -0.398 e. The molecule has 0 spiro atoms. The Morgan fingerprint density at radius 2 is 1.62 bits per heavy atom. The molecule has 0 saturated carbocycles. The van der Waals surface area contributed by atoms with Gasteiger partial charge in [0.1, 0.15) is 5.65 Å². The molecule has 0 aliphatic heterocycles. The maximum atomic E-state index is 6.10. The van der Waals surface area contributed by atoms with E-state index in [-0.39, 0.29) is 0 Å². The molecule has 0 amide bonds. The van der Waals surface area contributed by atoms with Crippen LogP contribution in [0.1, 0.15) is 30.7 Å². The van der Waals surface area contributed by atoms with E-state index in [0.717, 1.165) is 48.6 Å². The zero-order valence-electron chi connectivity index (χ0n) is 17.2. The SMILES string of the molecule is CCc1ccc(-c2nc3ccc(N)cn3c2CN(CC)Cc2ccccc2)cc1. The predicted molar refractivity (Wildman–Crippen MR) is 121 cm³/mol. The smallest absolute Gasteiger partial charge is 0.137 e. The van der Waals surface area contributed by atoms with Crippen LogP contribution in [-0.4, -0.2) is 20.8 Å². The van der Waals surface area contributed by atoms with E-state index in [0.29, 0.717) is 0 Å². The van der Waals surface area contributed by atoms with E-state index in [1.54, 1.807) is 0 Å². The number of benzene rings is 2. The Hall–Kier alpha value is -3.11. The summed E-state index contributed by atoms with van der Waals surface area (Å²) in [5.41, 5.74) is 13.8. The Bertz CT molecular complexity index is 1080. The molecule has 4 heteroatoms. The highest BCUT2D eigenvalue weighted by Crippen LogP contribution is 2.27. The number of aryl methyl sites for hydroxylation is 1. The van der Waals surface area contributed by atoms with Crippen molar-refractivity contribution in [3.8, 4) is 11.3 Å². The van der Waals surface area contributed by atoms with Gasteiger partial charge in [-0.25, -0.2) is 4.98 Å². The van der Waals surface area contributed by atoms with E-state index in [4.69, 9.17) is 10.7 Å². The number of pyridine rings is 1. The topological polar surface area (TPSA) is 46.6 Å². The number of hydrogen-bond acceptors (Lipinski definition) is 3. The number of nitrogen functional groups attached to an aromatic ring is 1. The van der Waals surface area contributed by atoms with E-state index in [1.165, 1.54) is 16.8 Å². The first kappa shape index (κ1) is 19.2. The third-order valence-corrected chi connectivity index (χ3v) is 5.45. The van der Waals surface area contributed by atoms with Crippen molar-refractivity contribution in [1.29, 1.82) is 0 Å². The van der Waals surface area contributed by atoms with Gasteiger partial charge in [-0.3, -0.25) is 4.90 Å². The Morgan fingerprint density at radius 1 is 0.862 bits per heavy atom. The molecule has 0 aliphatic carbocycles. The summed E-state index contributed by atoms with van der Waals surface area (Å²) in [6, 6.07) is 23.3. The molecule has 2 N–H and O–H groups in total. The predicted octanol–water partition coefficient (Wildman–Crippen LogP) is 5.17. The van der Waals surface area contributed by atoms with Gasteiger partial charge in [0.05, 0.1) is 11.4 Å². The maximum absolute atomic E-state index is 6.10. The van der Waals surface area contributed by atoms with Crippen molar-refractivity contribution >= 4 is 11.3 Å². The quantitative estimate of drug-likeness (QED) is 0.478. The fourth-order valence-corrected chi connectivity index (χ4v) is 3.72. The lowest BCUT2D eigenvalue weighted by molar-refractivity contribution is 0.268. The standard InChI is InChI=1S/C25H28N4/c1-3-19-10-12-21(13-11-19)25-23(29-17-22(26)14-15-24(29)27-25)18-28(4-2)16-20-8-6-5-7-9-20/h5-15,17H,3-4,16,18,26H2,1-2H3. The summed E-state index contributed by atoms with van der Waals surface area (Å²) in [6.07, 6.45) is 3.02. The van der Waals surface area contributed by atoms with Crippen LogP contribution < -0.4 is 5.73 Å². The summed E-state index contributed by atoms with van der Waals surface area (Å²) in [6.45, 7) is 7.05. The minimum absolute atomic E-state index is 0.745. The van der Waals surface area contributed by atoms with E-state index < -0.39 is 0 Å². The first-order valence-corrected chi connectivity index (χ1v) is 10.3. The third kappa shape index (κ3) is 4.17. The van der Waals surface area contributed by atoms with Gasteiger partial charge in [0.2, 0.25) is 0 Å². The molecule has 0 unspecified atom stereocenters. The van der Waals surface area contributed by atoms with Crippen LogP contribution in [0.4, 0.5) is 5.69 Å². The molecule has 4 aromatic rings.